The van der Waals surface area contributed by atoms with Crippen molar-refractivity contribution in [2.45, 2.75) is 12.5 Å². The summed E-state index contributed by atoms with van der Waals surface area (Å²) in [4.78, 5) is 12.8. The first-order valence-corrected chi connectivity index (χ1v) is 10.0. The minimum atomic E-state index is -0.232. The van der Waals surface area contributed by atoms with Crippen LogP contribution in [0.1, 0.15) is 22.6 Å². The minimum Gasteiger partial charge on any atom is -0.332 e. The second kappa shape index (κ2) is 8.68. The van der Waals surface area contributed by atoms with Gasteiger partial charge in [-0.25, -0.2) is 9.80 Å². The van der Waals surface area contributed by atoms with Crippen LogP contribution < -0.4 is 5.32 Å². The minimum absolute atomic E-state index is 0.00124. The number of rotatable bonds is 4. The molecule has 0 saturated carbocycles. The third-order valence-corrected chi connectivity index (χ3v) is 5.35. The molecule has 4 rings (SSSR count). The topological polar surface area (TPSA) is 44.7 Å². The van der Waals surface area contributed by atoms with Gasteiger partial charge in [-0.2, -0.15) is 5.10 Å². The first-order valence-electron chi connectivity index (χ1n) is 9.29. The molecule has 0 saturated heterocycles. The number of carbonyl (C=O) groups excluding carboxylic acids is 1. The van der Waals surface area contributed by atoms with Crippen molar-refractivity contribution in [3.05, 3.63) is 106 Å². The van der Waals surface area contributed by atoms with Gasteiger partial charge in [0.15, 0.2) is 0 Å². The van der Waals surface area contributed by atoms with E-state index in [1.807, 2.05) is 54.6 Å². The molecular formula is C23H19Cl2N3O. The normalized spacial score (nSPS) is 15.9. The van der Waals surface area contributed by atoms with Gasteiger partial charge in [-0.05, 0) is 41.0 Å². The highest BCUT2D eigenvalue weighted by Gasteiger charge is 2.32. The maximum atomic E-state index is 12.8. The molecule has 29 heavy (non-hydrogen) atoms. The summed E-state index contributed by atoms with van der Waals surface area (Å²) in [5.74, 6) is -0.00124. The van der Waals surface area contributed by atoms with Crippen molar-refractivity contribution in [3.63, 3.8) is 0 Å². The van der Waals surface area contributed by atoms with Gasteiger partial charge >= 0.3 is 6.03 Å². The van der Waals surface area contributed by atoms with Crippen LogP contribution in [0.15, 0.2) is 84.0 Å². The van der Waals surface area contributed by atoms with E-state index >= 15 is 0 Å². The van der Waals surface area contributed by atoms with Crippen LogP contribution in [0.25, 0.3) is 0 Å². The van der Waals surface area contributed by atoms with E-state index in [4.69, 9.17) is 23.2 Å². The van der Waals surface area contributed by atoms with Gasteiger partial charge in [0, 0.05) is 22.5 Å². The average Bonchev–Trinajstić information content (AvgIpc) is 3.20. The zero-order chi connectivity index (χ0) is 20.2. The zero-order valence-corrected chi connectivity index (χ0v) is 17.1. The largest absolute Gasteiger partial charge is 0.338 e. The lowest BCUT2D eigenvalue weighted by Gasteiger charge is -2.16. The van der Waals surface area contributed by atoms with Gasteiger partial charge < -0.3 is 5.32 Å². The van der Waals surface area contributed by atoms with Crippen molar-refractivity contribution >= 4 is 34.9 Å². The second-order valence-corrected chi connectivity index (χ2v) is 7.70. The molecule has 0 aromatic heterocycles. The number of amides is 2. The van der Waals surface area contributed by atoms with Gasteiger partial charge in [0.1, 0.15) is 0 Å². The molecule has 2 amide bonds. The Kier molecular flexibility index (Phi) is 5.84. The SMILES string of the molecule is O=C(NCc1ccc(Cl)cc1)N1C[C@H](c2ccccc2)C(c2ccc(Cl)cc2)=N1. The number of halogens is 2. The molecule has 0 radical (unpaired) electrons. The highest BCUT2D eigenvalue weighted by Crippen LogP contribution is 2.29. The van der Waals surface area contributed by atoms with E-state index in [2.05, 4.69) is 22.6 Å². The van der Waals surface area contributed by atoms with E-state index in [0.717, 1.165) is 22.4 Å². The molecule has 0 unspecified atom stereocenters. The van der Waals surface area contributed by atoms with Crippen molar-refractivity contribution < 1.29 is 4.79 Å². The standard InChI is InChI=1S/C23H19Cl2N3O/c24-19-10-6-16(7-11-19)14-26-23(29)28-15-21(17-4-2-1-3-5-17)22(27-28)18-8-12-20(25)13-9-18/h1-13,21H,14-15H2,(H,26,29)/t21-/m1/s1. The van der Waals surface area contributed by atoms with E-state index < -0.39 is 0 Å². The lowest BCUT2D eigenvalue weighted by Crippen LogP contribution is -2.35. The molecule has 146 valence electrons. The van der Waals surface area contributed by atoms with Crippen molar-refractivity contribution in [1.29, 1.82) is 0 Å². The fourth-order valence-corrected chi connectivity index (χ4v) is 3.58. The summed E-state index contributed by atoms with van der Waals surface area (Å²) in [5.41, 5.74) is 3.91. The van der Waals surface area contributed by atoms with E-state index in [9.17, 15) is 4.79 Å². The molecule has 4 nitrogen and oxygen atoms in total. The van der Waals surface area contributed by atoms with Crippen LogP contribution >= 0.6 is 23.2 Å². The Labute approximate surface area is 179 Å². The summed E-state index contributed by atoms with van der Waals surface area (Å²) in [7, 11) is 0. The molecular weight excluding hydrogens is 405 g/mol. The fraction of sp³-hybridized carbons (Fsp3) is 0.130. The molecule has 6 heteroatoms. The van der Waals surface area contributed by atoms with Crippen LogP contribution in [0.5, 0.6) is 0 Å². The third kappa shape index (κ3) is 4.61. The molecule has 3 aromatic carbocycles. The number of hydrogen-bond donors (Lipinski definition) is 1. The molecule has 3 aromatic rings. The van der Waals surface area contributed by atoms with Crippen molar-refractivity contribution in [1.82, 2.24) is 10.3 Å². The van der Waals surface area contributed by atoms with E-state index in [1.54, 1.807) is 12.1 Å². The number of hydrazone groups is 1. The number of nitrogens with one attached hydrogen (secondary N) is 1. The Morgan fingerprint density at radius 3 is 2.21 bits per heavy atom. The lowest BCUT2D eigenvalue weighted by atomic mass is 9.91. The Morgan fingerprint density at radius 1 is 0.931 bits per heavy atom. The van der Waals surface area contributed by atoms with Gasteiger partial charge in [0.2, 0.25) is 0 Å². The van der Waals surface area contributed by atoms with Crippen LogP contribution in [-0.2, 0) is 6.54 Å². The molecule has 1 aliphatic heterocycles. The number of nitrogens with zero attached hydrogens (tertiary/aromatic N) is 2. The van der Waals surface area contributed by atoms with Crippen LogP contribution in [0.2, 0.25) is 10.0 Å². The van der Waals surface area contributed by atoms with Crippen molar-refractivity contribution in [3.8, 4) is 0 Å². The Hall–Kier alpha value is -2.82. The molecule has 0 fully saturated rings. The molecule has 0 spiro atoms. The summed E-state index contributed by atoms with van der Waals surface area (Å²) in [6.07, 6.45) is 0. The number of hydrogen-bond acceptors (Lipinski definition) is 2. The van der Waals surface area contributed by atoms with Gasteiger partial charge in [0.05, 0.1) is 12.3 Å². The first kappa shape index (κ1) is 19.5. The first-order chi connectivity index (χ1) is 14.1. The summed E-state index contributed by atoms with van der Waals surface area (Å²) in [6, 6.07) is 24.8. The highest BCUT2D eigenvalue weighted by molar-refractivity contribution is 6.31. The molecule has 1 atom stereocenters. The molecule has 1 heterocycles. The van der Waals surface area contributed by atoms with Crippen LogP contribution in [0.3, 0.4) is 0 Å². The lowest BCUT2D eigenvalue weighted by molar-refractivity contribution is 0.203. The summed E-state index contributed by atoms with van der Waals surface area (Å²) in [6.45, 7) is 0.892. The third-order valence-electron chi connectivity index (χ3n) is 4.85. The predicted octanol–water partition coefficient (Wildman–Crippen LogP) is 5.71. The average molecular weight is 424 g/mol. The smallest absolute Gasteiger partial charge is 0.332 e. The summed E-state index contributed by atoms with van der Waals surface area (Å²) >= 11 is 12.0. The van der Waals surface area contributed by atoms with Crippen LogP contribution in [0.4, 0.5) is 4.79 Å². The van der Waals surface area contributed by atoms with Crippen molar-refractivity contribution in [2.24, 2.45) is 5.10 Å². The maximum Gasteiger partial charge on any atom is 0.338 e. The summed E-state index contributed by atoms with van der Waals surface area (Å²) in [5, 5.41) is 10.4. The Bertz CT molecular complexity index is 1020. The van der Waals surface area contributed by atoms with Gasteiger partial charge in [-0.3, -0.25) is 0 Å². The number of carbonyl (C=O) groups is 1. The predicted molar refractivity (Wildman–Crippen MR) is 118 cm³/mol. The number of urea groups is 1. The molecule has 0 bridgehead atoms. The van der Waals surface area contributed by atoms with Crippen LogP contribution in [0, 0.1) is 0 Å². The quantitative estimate of drug-likeness (QED) is 0.573. The van der Waals surface area contributed by atoms with Gasteiger partial charge in [-0.15, -0.1) is 0 Å². The molecule has 1 aliphatic rings. The molecule has 0 aliphatic carbocycles. The van der Waals surface area contributed by atoms with Crippen LogP contribution in [-0.4, -0.2) is 23.3 Å². The maximum absolute atomic E-state index is 12.8. The monoisotopic (exact) mass is 423 g/mol. The van der Waals surface area contributed by atoms with E-state index in [1.165, 1.54) is 5.01 Å². The summed E-state index contributed by atoms with van der Waals surface area (Å²) < 4.78 is 0. The zero-order valence-electron chi connectivity index (χ0n) is 15.6. The van der Waals surface area contributed by atoms with Gasteiger partial charge in [0.25, 0.3) is 0 Å². The number of benzene rings is 3. The van der Waals surface area contributed by atoms with E-state index in [-0.39, 0.29) is 11.9 Å². The Morgan fingerprint density at radius 2 is 1.55 bits per heavy atom. The Balaban J connectivity index is 1.54. The highest BCUT2D eigenvalue weighted by atomic mass is 35.5. The fourth-order valence-electron chi connectivity index (χ4n) is 3.33. The van der Waals surface area contributed by atoms with Crippen molar-refractivity contribution in [2.75, 3.05) is 6.54 Å². The second-order valence-electron chi connectivity index (χ2n) is 6.82. The van der Waals surface area contributed by atoms with E-state index in [0.29, 0.717) is 23.1 Å². The molecule has 1 N–H and O–H groups in total. The van der Waals surface area contributed by atoms with Gasteiger partial charge in [-0.1, -0.05) is 77.8 Å².